The van der Waals surface area contributed by atoms with Gasteiger partial charge in [-0.15, -0.1) is 0 Å². The highest BCUT2D eigenvalue weighted by Crippen LogP contribution is 2.50. The number of piperazine rings is 1. The number of fused-ring (bicyclic) bond motifs is 2. The van der Waals surface area contributed by atoms with E-state index in [-0.39, 0.29) is 73.6 Å². The van der Waals surface area contributed by atoms with Crippen molar-refractivity contribution in [1.82, 2.24) is 19.4 Å². The molecule has 4 heterocycles. The number of benzene rings is 2. The Morgan fingerprint density at radius 2 is 1.89 bits per heavy atom. The third-order valence-corrected chi connectivity index (χ3v) is 9.83. The largest absolute Gasteiger partial charge is 0.397 e. The van der Waals surface area contributed by atoms with E-state index in [0.717, 1.165) is 6.07 Å². The highest BCUT2D eigenvalue weighted by Gasteiger charge is 2.39. The van der Waals surface area contributed by atoms with Crippen LogP contribution in [0.5, 0.6) is 0 Å². The number of nitrogens with one attached hydrogen (secondary N) is 1. The SMILES string of the molecule is C=CC(=O)N1CC(C)N2c3nc(=O)n(-c4c(C)ccnc4C(C)C)c4c(Cl)c(-c5c(N)c(Cl)cc(Cl)c5F)c(F)c(c34)NCCC2C1. The third kappa shape index (κ3) is 5.19. The summed E-state index contributed by atoms with van der Waals surface area (Å²) in [6, 6.07) is 2.26. The molecule has 0 radical (unpaired) electrons. The second kappa shape index (κ2) is 12.3. The van der Waals surface area contributed by atoms with E-state index in [1.807, 2.05) is 32.6 Å². The number of halogens is 5. The molecule has 0 spiro atoms. The van der Waals surface area contributed by atoms with Crippen molar-refractivity contribution in [3.05, 3.63) is 79.4 Å². The first-order valence-corrected chi connectivity index (χ1v) is 16.2. The van der Waals surface area contributed by atoms with Crippen LogP contribution in [0.4, 0.5) is 26.0 Å². The molecule has 14 heteroatoms. The minimum absolute atomic E-state index is 0.0477. The standard InChI is InChI=1S/C33H32Cl3F2N7O2/c1-6-20(46)43-12-16(5)44-17(13-43)8-10-41-29-23-31(24(36)21(26(29)38)22-25(37)18(34)11-19(35)27(22)39)45(33(47)42-32(23)44)30-15(4)7-9-40-28(30)14(2)3/h6-7,9,11,14,16-17,41H,1,8,10,12-13,39H2,2-5H3. The number of nitrogens with two attached hydrogens (primary N) is 1. The first-order valence-electron chi connectivity index (χ1n) is 15.1. The molecule has 1 amide bonds. The molecule has 2 aliphatic heterocycles. The lowest BCUT2D eigenvalue weighted by molar-refractivity contribution is -0.127. The molecule has 1 fully saturated rings. The van der Waals surface area contributed by atoms with Crippen molar-refractivity contribution < 1.29 is 13.6 Å². The van der Waals surface area contributed by atoms with Gasteiger partial charge in [-0.1, -0.05) is 55.2 Å². The monoisotopic (exact) mass is 701 g/mol. The Bertz CT molecular complexity index is 2030. The van der Waals surface area contributed by atoms with Crippen LogP contribution in [0.3, 0.4) is 0 Å². The maximum absolute atomic E-state index is 17.1. The molecule has 2 atom stereocenters. The number of anilines is 3. The molecule has 0 aliphatic carbocycles. The average Bonchev–Trinajstić information content (AvgIpc) is 3.01. The van der Waals surface area contributed by atoms with E-state index < -0.39 is 28.5 Å². The summed E-state index contributed by atoms with van der Waals surface area (Å²) in [5, 5.41) is 2.61. The number of nitrogen functional groups attached to an aromatic ring is 1. The number of carbonyl (C=O) groups is 1. The predicted octanol–water partition coefficient (Wildman–Crippen LogP) is 7.11. The van der Waals surface area contributed by atoms with Gasteiger partial charge in [-0.25, -0.2) is 13.6 Å². The van der Waals surface area contributed by atoms with E-state index in [1.165, 1.54) is 10.6 Å². The maximum Gasteiger partial charge on any atom is 0.354 e. The molecular weight excluding hydrogens is 671 g/mol. The molecule has 4 aromatic rings. The van der Waals surface area contributed by atoms with Gasteiger partial charge in [-0.2, -0.15) is 4.98 Å². The van der Waals surface area contributed by atoms with Crippen LogP contribution in [0.15, 0.2) is 35.8 Å². The van der Waals surface area contributed by atoms with Crippen LogP contribution < -0.4 is 21.6 Å². The molecule has 2 aromatic carbocycles. The normalized spacial score (nSPS) is 17.7. The molecule has 0 bridgehead atoms. The lowest BCUT2D eigenvalue weighted by Crippen LogP contribution is -2.60. The van der Waals surface area contributed by atoms with Gasteiger partial charge in [0.1, 0.15) is 5.82 Å². The highest BCUT2D eigenvalue weighted by atomic mass is 35.5. The van der Waals surface area contributed by atoms with Gasteiger partial charge >= 0.3 is 5.69 Å². The first kappa shape index (κ1) is 33.0. The number of hydrogen-bond acceptors (Lipinski definition) is 7. The minimum Gasteiger partial charge on any atom is -0.397 e. The molecule has 2 aliphatic rings. The lowest BCUT2D eigenvalue weighted by Gasteiger charge is -2.47. The van der Waals surface area contributed by atoms with Gasteiger partial charge in [-0.3, -0.25) is 14.3 Å². The minimum atomic E-state index is -1.02. The van der Waals surface area contributed by atoms with E-state index in [2.05, 4.69) is 21.9 Å². The Kier molecular flexibility index (Phi) is 8.61. The van der Waals surface area contributed by atoms with E-state index in [4.69, 9.17) is 40.5 Å². The quantitative estimate of drug-likeness (QED) is 0.133. The molecule has 3 N–H and O–H groups in total. The smallest absolute Gasteiger partial charge is 0.354 e. The maximum atomic E-state index is 17.1. The van der Waals surface area contributed by atoms with E-state index in [0.29, 0.717) is 36.5 Å². The van der Waals surface area contributed by atoms with Crippen molar-refractivity contribution in [2.45, 2.75) is 52.1 Å². The fourth-order valence-electron chi connectivity index (χ4n) is 6.78. The highest BCUT2D eigenvalue weighted by molar-refractivity contribution is 6.41. The third-order valence-electron chi connectivity index (χ3n) is 8.87. The van der Waals surface area contributed by atoms with Crippen molar-refractivity contribution in [3.8, 4) is 16.8 Å². The van der Waals surface area contributed by atoms with Crippen LogP contribution in [0.1, 0.15) is 44.4 Å². The van der Waals surface area contributed by atoms with Gasteiger partial charge in [0.25, 0.3) is 0 Å². The van der Waals surface area contributed by atoms with E-state index in [1.54, 1.807) is 17.2 Å². The van der Waals surface area contributed by atoms with Crippen molar-refractivity contribution in [3.63, 3.8) is 0 Å². The summed E-state index contributed by atoms with van der Waals surface area (Å²) in [6.45, 7) is 12.1. The second-order valence-electron chi connectivity index (χ2n) is 12.2. The van der Waals surface area contributed by atoms with Crippen LogP contribution in [0, 0.1) is 18.6 Å². The molecule has 246 valence electrons. The van der Waals surface area contributed by atoms with E-state index in [9.17, 15) is 9.59 Å². The van der Waals surface area contributed by atoms with Gasteiger partial charge in [0.15, 0.2) is 11.6 Å². The molecule has 2 aromatic heterocycles. The summed E-state index contributed by atoms with van der Waals surface area (Å²) in [5.41, 5.74) is 6.15. The topological polar surface area (TPSA) is 109 Å². The van der Waals surface area contributed by atoms with Crippen LogP contribution in [0.25, 0.3) is 27.7 Å². The Morgan fingerprint density at radius 3 is 2.57 bits per heavy atom. The number of rotatable bonds is 4. The predicted molar refractivity (Wildman–Crippen MR) is 184 cm³/mol. The molecule has 6 rings (SSSR count). The van der Waals surface area contributed by atoms with Gasteiger partial charge < -0.3 is 20.9 Å². The second-order valence-corrected chi connectivity index (χ2v) is 13.4. The van der Waals surface area contributed by atoms with Crippen molar-refractivity contribution in [2.75, 3.05) is 35.6 Å². The summed E-state index contributed by atoms with van der Waals surface area (Å²) in [6.07, 6.45) is 3.36. The summed E-state index contributed by atoms with van der Waals surface area (Å²) in [7, 11) is 0. The fourth-order valence-corrected chi connectivity index (χ4v) is 7.60. The Balaban J connectivity index is 1.81. The number of aromatic nitrogens is 3. The summed E-state index contributed by atoms with van der Waals surface area (Å²) < 4.78 is 34.3. The Hall–Kier alpha value is -3.93. The van der Waals surface area contributed by atoms with Crippen molar-refractivity contribution in [2.24, 2.45) is 0 Å². The number of hydrogen-bond donors (Lipinski definition) is 2. The average molecular weight is 703 g/mol. The fraction of sp³-hybridized carbons (Fsp3) is 0.333. The summed E-state index contributed by atoms with van der Waals surface area (Å²) in [5.74, 6) is -2.11. The molecule has 2 unspecified atom stereocenters. The zero-order valence-corrected chi connectivity index (χ0v) is 28.4. The van der Waals surface area contributed by atoms with Gasteiger partial charge in [0, 0.05) is 43.0 Å². The number of carbonyl (C=O) groups excluding carboxylic acids is 1. The number of pyridine rings is 1. The summed E-state index contributed by atoms with van der Waals surface area (Å²) in [4.78, 5) is 39.9. The van der Waals surface area contributed by atoms with Gasteiger partial charge in [-0.05, 0) is 50.0 Å². The Morgan fingerprint density at radius 1 is 1.17 bits per heavy atom. The van der Waals surface area contributed by atoms with Crippen LogP contribution >= 0.6 is 34.8 Å². The van der Waals surface area contributed by atoms with Crippen LogP contribution in [-0.4, -0.2) is 57.1 Å². The summed E-state index contributed by atoms with van der Waals surface area (Å²) >= 11 is 19.7. The van der Waals surface area contributed by atoms with E-state index >= 15 is 8.78 Å². The lowest BCUT2D eigenvalue weighted by atomic mass is 9.95. The van der Waals surface area contributed by atoms with Crippen molar-refractivity contribution in [1.29, 1.82) is 0 Å². The zero-order valence-electron chi connectivity index (χ0n) is 26.1. The number of aryl methyl sites for hydroxylation is 1. The molecule has 9 nitrogen and oxygen atoms in total. The molecular formula is C33H32Cl3F2N7O2. The zero-order chi connectivity index (χ0) is 34.1. The van der Waals surface area contributed by atoms with Crippen LogP contribution in [0.2, 0.25) is 15.1 Å². The van der Waals surface area contributed by atoms with Crippen LogP contribution in [-0.2, 0) is 4.79 Å². The van der Waals surface area contributed by atoms with Crippen molar-refractivity contribution >= 4 is 68.8 Å². The molecule has 1 saturated heterocycles. The Labute approximate surface area is 284 Å². The number of nitrogens with zero attached hydrogens (tertiary/aromatic N) is 5. The number of amides is 1. The molecule has 0 saturated carbocycles. The molecule has 47 heavy (non-hydrogen) atoms. The van der Waals surface area contributed by atoms with Gasteiger partial charge in [0.2, 0.25) is 5.91 Å². The van der Waals surface area contributed by atoms with Gasteiger partial charge in [0.05, 0.1) is 54.8 Å². The first-order chi connectivity index (χ1) is 22.3.